The maximum atomic E-state index is 11.9. The number of benzene rings is 1. The molecule has 1 aromatic carbocycles. The fraction of sp³-hybridized carbons (Fsp3) is 0.308. The molecule has 6 heteroatoms. The molecule has 1 aliphatic carbocycles. The lowest BCUT2D eigenvalue weighted by Gasteiger charge is -2.16. The average Bonchev–Trinajstić information content (AvgIpc) is 3.14. The van der Waals surface area contributed by atoms with Crippen molar-refractivity contribution >= 4 is 39.2 Å². The van der Waals surface area contributed by atoms with Crippen LogP contribution in [0.25, 0.3) is 0 Å². The summed E-state index contributed by atoms with van der Waals surface area (Å²) in [6.07, 6.45) is 1.97. The number of halogens is 1. The summed E-state index contributed by atoms with van der Waals surface area (Å²) in [7, 11) is 0. The number of hydrogen-bond donors (Lipinski definition) is 1. The van der Waals surface area contributed by atoms with E-state index >= 15 is 0 Å². The zero-order chi connectivity index (χ0) is 13.6. The molecule has 1 saturated carbocycles. The third-order valence-electron chi connectivity index (χ3n) is 3.18. The lowest BCUT2D eigenvalue weighted by atomic mass is 10.1. The number of carbonyl (C=O) groups excluding carboxylic acids is 3. The Labute approximate surface area is 118 Å². The van der Waals surface area contributed by atoms with Crippen molar-refractivity contribution in [2.24, 2.45) is 0 Å². The van der Waals surface area contributed by atoms with Crippen LogP contribution in [0, 0.1) is 0 Å². The van der Waals surface area contributed by atoms with Crippen LogP contribution >= 0.6 is 15.9 Å². The van der Waals surface area contributed by atoms with Crippen LogP contribution in [0.4, 0.5) is 5.69 Å². The number of amides is 2. The second kappa shape index (κ2) is 4.45. The fourth-order valence-electron chi connectivity index (χ4n) is 2.07. The van der Waals surface area contributed by atoms with Crippen LogP contribution < -0.4 is 10.2 Å². The molecule has 1 aliphatic heterocycles. The molecule has 0 saturated heterocycles. The van der Waals surface area contributed by atoms with Crippen molar-refractivity contribution in [2.75, 3.05) is 11.4 Å². The molecule has 98 valence electrons. The monoisotopic (exact) mass is 322 g/mol. The van der Waals surface area contributed by atoms with Crippen molar-refractivity contribution in [3.05, 3.63) is 28.2 Å². The predicted octanol–water partition coefficient (Wildman–Crippen LogP) is 1.26. The Morgan fingerprint density at radius 2 is 2.11 bits per heavy atom. The van der Waals surface area contributed by atoms with Gasteiger partial charge < -0.3 is 5.32 Å². The molecule has 3 rings (SSSR count). The van der Waals surface area contributed by atoms with Crippen LogP contribution in [0.15, 0.2) is 22.7 Å². The molecule has 0 unspecified atom stereocenters. The minimum atomic E-state index is -0.640. The van der Waals surface area contributed by atoms with Crippen LogP contribution in [-0.2, 0) is 9.59 Å². The Hall–Kier alpha value is -1.69. The smallest absolute Gasteiger partial charge is 0.299 e. The molecule has 2 amide bonds. The van der Waals surface area contributed by atoms with E-state index in [-0.39, 0.29) is 18.5 Å². The van der Waals surface area contributed by atoms with Crippen LogP contribution in [0.5, 0.6) is 0 Å². The minimum Gasteiger partial charge on any atom is -0.352 e. The number of fused-ring (bicyclic) bond motifs is 1. The summed E-state index contributed by atoms with van der Waals surface area (Å²) in [4.78, 5) is 36.7. The molecule has 1 fully saturated rings. The van der Waals surface area contributed by atoms with Crippen LogP contribution in [0.3, 0.4) is 0 Å². The van der Waals surface area contributed by atoms with Gasteiger partial charge in [-0.15, -0.1) is 0 Å². The minimum absolute atomic E-state index is 0.107. The Balaban J connectivity index is 1.85. The first-order valence-electron chi connectivity index (χ1n) is 6.01. The van der Waals surface area contributed by atoms with Gasteiger partial charge in [-0.3, -0.25) is 19.3 Å². The molecule has 2 aliphatic rings. The largest absolute Gasteiger partial charge is 0.352 e. The second-order valence-corrected chi connectivity index (χ2v) is 5.64. The van der Waals surface area contributed by atoms with Crippen molar-refractivity contribution in [2.45, 2.75) is 18.9 Å². The van der Waals surface area contributed by atoms with Gasteiger partial charge in [-0.25, -0.2) is 0 Å². The first-order valence-corrected chi connectivity index (χ1v) is 6.80. The van der Waals surface area contributed by atoms with Gasteiger partial charge >= 0.3 is 0 Å². The van der Waals surface area contributed by atoms with Gasteiger partial charge in [0.1, 0.15) is 6.54 Å². The van der Waals surface area contributed by atoms with Crippen LogP contribution in [0.2, 0.25) is 0 Å². The lowest BCUT2D eigenvalue weighted by molar-refractivity contribution is -0.122. The van der Waals surface area contributed by atoms with Gasteiger partial charge in [0, 0.05) is 10.5 Å². The van der Waals surface area contributed by atoms with E-state index in [1.54, 1.807) is 18.2 Å². The normalized spacial score (nSPS) is 17.6. The Kier molecular flexibility index (Phi) is 2.89. The van der Waals surface area contributed by atoms with E-state index < -0.39 is 11.7 Å². The number of nitrogens with one attached hydrogen (secondary N) is 1. The number of hydrogen-bond acceptors (Lipinski definition) is 3. The molecular formula is C13H11BrN2O3. The number of nitrogens with zero attached hydrogens (tertiary/aromatic N) is 1. The number of carbonyl (C=O) groups is 3. The summed E-state index contributed by atoms with van der Waals surface area (Å²) >= 11 is 3.30. The maximum Gasteiger partial charge on any atom is 0.299 e. The summed E-state index contributed by atoms with van der Waals surface area (Å²) in [5, 5.41) is 2.81. The van der Waals surface area contributed by atoms with E-state index in [0.29, 0.717) is 11.3 Å². The highest BCUT2D eigenvalue weighted by Gasteiger charge is 2.37. The zero-order valence-electron chi connectivity index (χ0n) is 9.98. The van der Waals surface area contributed by atoms with Gasteiger partial charge in [-0.05, 0) is 31.0 Å². The zero-order valence-corrected chi connectivity index (χ0v) is 11.6. The van der Waals surface area contributed by atoms with Crippen molar-refractivity contribution in [1.29, 1.82) is 0 Å². The SMILES string of the molecule is O=C(CN1C(=O)C(=O)c2ccc(Br)cc21)NC1CC1. The summed E-state index contributed by atoms with van der Waals surface area (Å²) in [6, 6.07) is 5.22. The number of anilines is 1. The molecule has 19 heavy (non-hydrogen) atoms. The molecule has 5 nitrogen and oxygen atoms in total. The van der Waals surface area contributed by atoms with E-state index in [1.165, 1.54) is 4.90 Å². The number of rotatable bonds is 3. The summed E-state index contributed by atoms with van der Waals surface area (Å²) in [5.41, 5.74) is 0.850. The van der Waals surface area contributed by atoms with Gasteiger partial charge in [0.2, 0.25) is 5.91 Å². The molecule has 0 atom stereocenters. The molecule has 0 radical (unpaired) electrons. The van der Waals surface area contributed by atoms with E-state index in [4.69, 9.17) is 0 Å². The van der Waals surface area contributed by atoms with Crippen molar-refractivity contribution in [3.63, 3.8) is 0 Å². The first-order chi connectivity index (χ1) is 9.06. The van der Waals surface area contributed by atoms with E-state index in [2.05, 4.69) is 21.2 Å². The highest BCUT2D eigenvalue weighted by atomic mass is 79.9. The summed E-state index contributed by atoms with van der Waals surface area (Å²) < 4.78 is 0.765. The maximum absolute atomic E-state index is 11.9. The Morgan fingerprint density at radius 1 is 1.37 bits per heavy atom. The molecule has 0 bridgehead atoms. The molecular weight excluding hydrogens is 312 g/mol. The fourth-order valence-corrected chi connectivity index (χ4v) is 2.42. The average molecular weight is 323 g/mol. The van der Waals surface area contributed by atoms with Gasteiger partial charge in [-0.2, -0.15) is 0 Å². The van der Waals surface area contributed by atoms with Gasteiger partial charge in [0.15, 0.2) is 0 Å². The summed E-state index contributed by atoms with van der Waals surface area (Å²) in [5.74, 6) is -1.42. The molecule has 1 N–H and O–H groups in total. The van der Waals surface area contributed by atoms with Gasteiger partial charge in [0.25, 0.3) is 11.7 Å². The van der Waals surface area contributed by atoms with Gasteiger partial charge in [-0.1, -0.05) is 15.9 Å². The van der Waals surface area contributed by atoms with E-state index in [9.17, 15) is 14.4 Å². The predicted molar refractivity (Wildman–Crippen MR) is 72.0 cm³/mol. The van der Waals surface area contributed by atoms with Crippen LogP contribution in [-0.4, -0.2) is 30.2 Å². The third kappa shape index (κ3) is 2.28. The number of ketones is 1. The summed E-state index contributed by atoms with van der Waals surface area (Å²) in [6.45, 7) is -0.107. The quantitative estimate of drug-likeness (QED) is 0.852. The first kappa shape index (κ1) is 12.3. The van der Waals surface area contributed by atoms with E-state index in [0.717, 1.165) is 17.3 Å². The molecule has 0 spiro atoms. The van der Waals surface area contributed by atoms with Gasteiger partial charge in [0.05, 0.1) is 11.3 Å². The molecule has 1 aromatic rings. The lowest BCUT2D eigenvalue weighted by Crippen LogP contribution is -2.40. The van der Waals surface area contributed by atoms with E-state index in [1.807, 2.05) is 0 Å². The highest BCUT2D eigenvalue weighted by molar-refractivity contribution is 9.10. The third-order valence-corrected chi connectivity index (χ3v) is 3.67. The van der Waals surface area contributed by atoms with Crippen molar-refractivity contribution < 1.29 is 14.4 Å². The topological polar surface area (TPSA) is 66.5 Å². The highest BCUT2D eigenvalue weighted by Crippen LogP contribution is 2.31. The molecule has 1 heterocycles. The standard InChI is InChI=1S/C13H11BrN2O3/c14-7-1-4-9-10(5-7)16(13(19)12(9)18)6-11(17)15-8-2-3-8/h1,4-5,8H,2-3,6H2,(H,15,17). The number of Topliss-reactive ketones (excluding diaryl/α,β-unsaturated/α-hetero) is 1. The van der Waals surface area contributed by atoms with Crippen molar-refractivity contribution in [1.82, 2.24) is 5.32 Å². The Bertz CT molecular complexity index is 596. The molecule has 0 aromatic heterocycles. The Morgan fingerprint density at radius 3 is 2.79 bits per heavy atom. The second-order valence-electron chi connectivity index (χ2n) is 4.72. The van der Waals surface area contributed by atoms with Crippen molar-refractivity contribution in [3.8, 4) is 0 Å². The van der Waals surface area contributed by atoms with Crippen LogP contribution in [0.1, 0.15) is 23.2 Å².